The van der Waals surface area contributed by atoms with Crippen LogP contribution in [0.1, 0.15) is 29.0 Å². The predicted molar refractivity (Wildman–Crippen MR) is 107 cm³/mol. The second-order valence-corrected chi connectivity index (χ2v) is 6.90. The molecule has 5 nitrogen and oxygen atoms in total. The molecule has 2 aromatic carbocycles. The number of rotatable bonds is 4. The summed E-state index contributed by atoms with van der Waals surface area (Å²) in [5.41, 5.74) is 7.32. The molecule has 3 N–H and O–H groups in total. The lowest BCUT2D eigenvalue weighted by Crippen LogP contribution is -2.56. The Hall–Kier alpha value is -2.63. The van der Waals surface area contributed by atoms with Gasteiger partial charge in [-0.3, -0.25) is 9.59 Å². The minimum absolute atomic E-state index is 0. The van der Waals surface area contributed by atoms with E-state index in [2.05, 4.69) is 17.4 Å². The SMILES string of the molecule is Cl.NCC1(c2ccccc2)CC(NC(=O)c2cc(=O)c3ccccc3o2)C1. The standard InChI is InChI=1S/C21H20N2O3.ClH/c22-13-21(14-6-2-1-3-7-14)11-15(12-21)23-20(25)19-10-17(24)16-8-4-5-9-18(16)26-19;/h1-10,15H,11-13,22H2,(H,23,25);1H. The third-order valence-corrected chi connectivity index (χ3v) is 5.24. The lowest BCUT2D eigenvalue weighted by Gasteiger charge is -2.47. The first-order valence-corrected chi connectivity index (χ1v) is 8.71. The van der Waals surface area contributed by atoms with E-state index >= 15 is 0 Å². The maximum absolute atomic E-state index is 12.5. The molecule has 27 heavy (non-hydrogen) atoms. The molecule has 1 amide bonds. The van der Waals surface area contributed by atoms with Crippen molar-refractivity contribution in [3.63, 3.8) is 0 Å². The quantitative estimate of drug-likeness (QED) is 0.724. The Morgan fingerprint density at radius 1 is 1.11 bits per heavy atom. The fourth-order valence-corrected chi connectivity index (χ4v) is 3.77. The van der Waals surface area contributed by atoms with Crippen molar-refractivity contribution < 1.29 is 9.21 Å². The number of carbonyl (C=O) groups is 1. The highest BCUT2D eigenvalue weighted by Crippen LogP contribution is 2.43. The van der Waals surface area contributed by atoms with Crippen LogP contribution in [0.3, 0.4) is 0 Å². The highest BCUT2D eigenvalue weighted by Gasteiger charge is 2.45. The van der Waals surface area contributed by atoms with E-state index < -0.39 is 0 Å². The van der Waals surface area contributed by atoms with Crippen LogP contribution in [0.25, 0.3) is 11.0 Å². The number of nitrogens with two attached hydrogens (primary N) is 1. The summed E-state index contributed by atoms with van der Waals surface area (Å²) in [7, 11) is 0. The van der Waals surface area contributed by atoms with Crippen molar-refractivity contribution in [2.24, 2.45) is 5.73 Å². The Balaban J connectivity index is 0.00000210. The van der Waals surface area contributed by atoms with Gasteiger partial charge in [-0.25, -0.2) is 0 Å². The van der Waals surface area contributed by atoms with Gasteiger partial charge < -0.3 is 15.5 Å². The highest BCUT2D eigenvalue weighted by molar-refractivity contribution is 5.93. The third kappa shape index (κ3) is 3.48. The summed E-state index contributed by atoms with van der Waals surface area (Å²) >= 11 is 0. The molecule has 0 bridgehead atoms. The minimum atomic E-state index is -0.364. The van der Waals surface area contributed by atoms with E-state index in [1.54, 1.807) is 24.3 Å². The van der Waals surface area contributed by atoms with E-state index in [4.69, 9.17) is 10.2 Å². The molecule has 3 aromatic rings. The number of benzene rings is 2. The van der Waals surface area contributed by atoms with Gasteiger partial charge in [0.15, 0.2) is 11.2 Å². The Morgan fingerprint density at radius 2 is 1.78 bits per heavy atom. The molecule has 1 aliphatic rings. The molecule has 0 spiro atoms. The Bertz CT molecular complexity index is 1010. The zero-order chi connectivity index (χ0) is 18.1. The maximum atomic E-state index is 12.5. The predicted octanol–water partition coefficient (Wildman–Crippen LogP) is 3.00. The first-order valence-electron chi connectivity index (χ1n) is 8.71. The number of amides is 1. The molecule has 0 radical (unpaired) electrons. The molecule has 1 aliphatic carbocycles. The van der Waals surface area contributed by atoms with Gasteiger partial charge in [-0.2, -0.15) is 0 Å². The van der Waals surface area contributed by atoms with Crippen molar-refractivity contribution >= 4 is 29.3 Å². The number of carbonyl (C=O) groups excluding carboxylic acids is 1. The normalized spacial score (nSPS) is 21.1. The molecular formula is C21H21ClN2O3. The third-order valence-electron chi connectivity index (χ3n) is 5.24. The van der Waals surface area contributed by atoms with E-state index in [1.165, 1.54) is 11.6 Å². The summed E-state index contributed by atoms with van der Waals surface area (Å²) in [6, 6.07) is 18.3. The lowest BCUT2D eigenvalue weighted by molar-refractivity contribution is 0.0839. The van der Waals surface area contributed by atoms with Gasteiger partial charge in [0.2, 0.25) is 0 Å². The molecule has 1 heterocycles. The van der Waals surface area contributed by atoms with Crippen LogP contribution in [0.15, 0.2) is 69.9 Å². The van der Waals surface area contributed by atoms with Gasteiger partial charge in [0.25, 0.3) is 5.91 Å². The summed E-state index contributed by atoms with van der Waals surface area (Å²) in [5, 5.41) is 3.43. The maximum Gasteiger partial charge on any atom is 0.287 e. The van der Waals surface area contributed by atoms with Crippen LogP contribution < -0.4 is 16.5 Å². The lowest BCUT2D eigenvalue weighted by atomic mass is 9.61. The van der Waals surface area contributed by atoms with Crippen molar-refractivity contribution in [2.75, 3.05) is 6.54 Å². The first kappa shape index (κ1) is 19.1. The zero-order valence-electron chi connectivity index (χ0n) is 14.7. The minimum Gasteiger partial charge on any atom is -0.451 e. The molecule has 1 aromatic heterocycles. The molecule has 1 saturated carbocycles. The average Bonchev–Trinajstić information content (AvgIpc) is 2.65. The van der Waals surface area contributed by atoms with Crippen LogP contribution >= 0.6 is 12.4 Å². The van der Waals surface area contributed by atoms with Crippen molar-refractivity contribution in [1.82, 2.24) is 5.32 Å². The van der Waals surface area contributed by atoms with E-state index in [0.29, 0.717) is 17.5 Å². The summed E-state index contributed by atoms with van der Waals surface area (Å²) < 4.78 is 5.60. The van der Waals surface area contributed by atoms with E-state index in [-0.39, 0.29) is 41.0 Å². The largest absolute Gasteiger partial charge is 0.451 e. The van der Waals surface area contributed by atoms with Gasteiger partial charge in [-0.15, -0.1) is 12.4 Å². The van der Waals surface area contributed by atoms with Gasteiger partial charge in [0, 0.05) is 24.1 Å². The number of nitrogens with one attached hydrogen (secondary N) is 1. The Morgan fingerprint density at radius 3 is 2.48 bits per heavy atom. The fraction of sp³-hybridized carbons (Fsp3) is 0.238. The van der Waals surface area contributed by atoms with Crippen molar-refractivity contribution in [1.29, 1.82) is 0 Å². The smallest absolute Gasteiger partial charge is 0.287 e. The van der Waals surface area contributed by atoms with Crippen LogP contribution in [0, 0.1) is 0 Å². The highest BCUT2D eigenvalue weighted by atomic mass is 35.5. The second kappa shape index (κ2) is 7.55. The monoisotopic (exact) mass is 384 g/mol. The molecule has 140 valence electrons. The fourth-order valence-electron chi connectivity index (χ4n) is 3.77. The number of fused-ring (bicyclic) bond motifs is 1. The average molecular weight is 385 g/mol. The van der Waals surface area contributed by atoms with E-state index in [0.717, 1.165) is 12.8 Å². The van der Waals surface area contributed by atoms with Crippen LogP contribution in [0.2, 0.25) is 0 Å². The zero-order valence-corrected chi connectivity index (χ0v) is 15.5. The van der Waals surface area contributed by atoms with Gasteiger partial charge >= 0.3 is 0 Å². The number of hydrogen-bond acceptors (Lipinski definition) is 4. The van der Waals surface area contributed by atoms with Crippen molar-refractivity contribution in [2.45, 2.75) is 24.3 Å². The molecule has 1 fully saturated rings. The molecule has 4 rings (SSSR count). The van der Waals surface area contributed by atoms with Gasteiger partial charge in [0.1, 0.15) is 5.58 Å². The van der Waals surface area contributed by atoms with E-state index in [9.17, 15) is 9.59 Å². The summed E-state index contributed by atoms with van der Waals surface area (Å²) in [6.07, 6.45) is 1.55. The molecule has 6 heteroatoms. The first-order chi connectivity index (χ1) is 12.6. The molecule has 0 aliphatic heterocycles. The van der Waals surface area contributed by atoms with Gasteiger partial charge in [0.05, 0.1) is 5.39 Å². The van der Waals surface area contributed by atoms with E-state index in [1.807, 2.05) is 18.2 Å². The number of para-hydroxylation sites is 1. The molecular weight excluding hydrogens is 364 g/mol. The van der Waals surface area contributed by atoms with Crippen molar-refractivity contribution in [3.05, 3.63) is 82.2 Å². The van der Waals surface area contributed by atoms with Crippen molar-refractivity contribution in [3.8, 4) is 0 Å². The van der Waals surface area contributed by atoms with Crippen LogP contribution in [0.4, 0.5) is 0 Å². The van der Waals surface area contributed by atoms with Crippen LogP contribution in [-0.2, 0) is 5.41 Å². The molecule has 0 saturated heterocycles. The molecule has 0 atom stereocenters. The molecule has 0 unspecified atom stereocenters. The van der Waals surface area contributed by atoms with Gasteiger partial charge in [-0.1, -0.05) is 42.5 Å². The second-order valence-electron chi connectivity index (χ2n) is 6.90. The number of hydrogen-bond donors (Lipinski definition) is 2. The van der Waals surface area contributed by atoms with Crippen LogP contribution in [0.5, 0.6) is 0 Å². The van der Waals surface area contributed by atoms with Gasteiger partial charge in [-0.05, 0) is 30.5 Å². The summed E-state index contributed by atoms with van der Waals surface area (Å²) in [4.78, 5) is 24.7. The summed E-state index contributed by atoms with van der Waals surface area (Å²) in [5.74, 6) is -0.324. The Kier molecular flexibility index (Phi) is 5.35. The van der Waals surface area contributed by atoms with Crippen LogP contribution in [-0.4, -0.2) is 18.5 Å². The number of halogens is 1. The summed E-state index contributed by atoms with van der Waals surface area (Å²) in [6.45, 7) is 0.536. The Labute approximate surface area is 163 Å². The topological polar surface area (TPSA) is 85.3 Å².